The standard InChI is InChI=1S/C16H17NO6/c1-9(2)8-22-16(20)14-7-12(17-23-14)10-4-5-13(21-3)11(6-10)15(18)19/h4-7,9H,8H2,1-3H3,(H,18,19). The van der Waals surface area contributed by atoms with E-state index in [1.165, 1.54) is 25.3 Å². The van der Waals surface area contributed by atoms with Crippen molar-refractivity contribution < 1.29 is 28.7 Å². The number of hydrogen-bond donors (Lipinski definition) is 1. The predicted molar refractivity (Wildman–Crippen MR) is 80.6 cm³/mol. The predicted octanol–water partition coefficient (Wildman–Crippen LogP) is 2.86. The van der Waals surface area contributed by atoms with Gasteiger partial charge in [-0.25, -0.2) is 9.59 Å². The van der Waals surface area contributed by atoms with E-state index < -0.39 is 11.9 Å². The van der Waals surface area contributed by atoms with E-state index in [4.69, 9.17) is 14.0 Å². The summed E-state index contributed by atoms with van der Waals surface area (Å²) in [5.74, 6) is -1.32. The third kappa shape index (κ3) is 3.88. The van der Waals surface area contributed by atoms with Gasteiger partial charge in [-0.2, -0.15) is 0 Å². The highest BCUT2D eigenvalue weighted by Crippen LogP contribution is 2.26. The van der Waals surface area contributed by atoms with E-state index in [0.29, 0.717) is 11.3 Å². The number of carbonyl (C=O) groups excluding carboxylic acids is 1. The van der Waals surface area contributed by atoms with Crippen molar-refractivity contribution in [2.75, 3.05) is 13.7 Å². The zero-order valence-corrected chi connectivity index (χ0v) is 13.0. The molecule has 0 fully saturated rings. The van der Waals surface area contributed by atoms with Gasteiger partial charge in [-0.3, -0.25) is 0 Å². The Hall–Kier alpha value is -2.83. The van der Waals surface area contributed by atoms with E-state index in [0.717, 1.165) is 0 Å². The lowest BCUT2D eigenvalue weighted by Gasteiger charge is -2.05. The van der Waals surface area contributed by atoms with Crippen molar-refractivity contribution in [1.29, 1.82) is 0 Å². The molecule has 122 valence electrons. The first kappa shape index (κ1) is 16.5. The second-order valence-electron chi connectivity index (χ2n) is 5.29. The van der Waals surface area contributed by atoms with Gasteiger partial charge in [0.25, 0.3) is 0 Å². The van der Waals surface area contributed by atoms with Crippen LogP contribution in [-0.4, -0.2) is 35.9 Å². The highest BCUT2D eigenvalue weighted by Gasteiger charge is 2.18. The Morgan fingerprint density at radius 3 is 2.65 bits per heavy atom. The SMILES string of the molecule is COc1ccc(-c2cc(C(=O)OCC(C)C)on2)cc1C(=O)O. The summed E-state index contributed by atoms with van der Waals surface area (Å²) < 4.78 is 15.0. The summed E-state index contributed by atoms with van der Waals surface area (Å²) in [7, 11) is 1.39. The fourth-order valence-electron chi connectivity index (χ4n) is 1.86. The van der Waals surface area contributed by atoms with E-state index >= 15 is 0 Å². The highest BCUT2D eigenvalue weighted by molar-refractivity contribution is 5.93. The molecule has 0 spiro atoms. The van der Waals surface area contributed by atoms with Crippen molar-refractivity contribution >= 4 is 11.9 Å². The van der Waals surface area contributed by atoms with E-state index in [1.807, 2.05) is 13.8 Å². The molecule has 7 nitrogen and oxygen atoms in total. The summed E-state index contributed by atoms with van der Waals surface area (Å²) in [5, 5.41) is 13.0. The first-order chi connectivity index (χ1) is 10.9. The molecule has 2 rings (SSSR count). The number of benzene rings is 1. The quantitative estimate of drug-likeness (QED) is 0.817. The fraction of sp³-hybridized carbons (Fsp3) is 0.312. The lowest BCUT2D eigenvalue weighted by molar-refractivity contribution is 0.0412. The zero-order valence-electron chi connectivity index (χ0n) is 13.0. The molecule has 1 heterocycles. The minimum Gasteiger partial charge on any atom is -0.496 e. The van der Waals surface area contributed by atoms with Crippen LogP contribution >= 0.6 is 0 Å². The van der Waals surface area contributed by atoms with Gasteiger partial charge in [0.15, 0.2) is 0 Å². The Balaban J connectivity index is 2.25. The van der Waals surface area contributed by atoms with Crippen LogP contribution in [0.4, 0.5) is 0 Å². The molecular weight excluding hydrogens is 302 g/mol. The lowest BCUT2D eigenvalue weighted by atomic mass is 10.1. The van der Waals surface area contributed by atoms with Gasteiger partial charge in [0, 0.05) is 11.6 Å². The van der Waals surface area contributed by atoms with Crippen molar-refractivity contribution in [2.45, 2.75) is 13.8 Å². The van der Waals surface area contributed by atoms with Crippen LogP contribution in [-0.2, 0) is 4.74 Å². The minimum absolute atomic E-state index is 0.00284. The molecule has 1 aromatic heterocycles. The molecule has 7 heteroatoms. The van der Waals surface area contributed by atoms with Gasteiger partial charge in [-0.15, -0.1) is 0 Å². The molecule has 23 heavy (non-hydrogen) atoms. The number of carbonyl (C=O) groups is 2. The molecule has 0 amide bonds. The highest BCUT2D eigenvalue weighted by atomic mass is 16.6. The summed E-state index contributed by atoms with van der Waals surface area (Å²) in [5.41, 5.74) is 0.832. The number of esters is 1. The Morgan fingerprint density at radius 1 is 1.30 bits per heavy atom. The van der Waals surface area contributed by atoms with Crippen LogP contribution in [0.2, 0.25) is 0 Å². The smallest absolute Gasteiger partial charge is 0.377 e. The maximum atomic E-state index is 11.8. The second kappa shape index (κ2) is 6.95. The van der Waals surface area contributed by atoms with Crippen LogP contribution in [0.1, 0.15) is 34.8 Å². The second-order valence-corrected chi connectivity index (χ2v) is 5.29. The minimum atomic E-state index is -1.12. The number of aromatic nitrogens is 1. The monoisotopic (exact) mass is 319 g/mol. The lowest BCUT2D eigenvalue weighted by Crippen LogP contribution is -2.09. The summed E-state index contributed by atoms with van der Waals surface area (Å²) in [4.78, 5) is 23.0. The average Bonchev–Trinajstić information content (AvgIpc) is 3.01. The number of rotatable bonds is 6. The molecule has 2 aromatic rings. The molecule has 0 radical (unpaired) electrons. The fourth-order valence-corrected chi connectivity index (χ4v) is 1.86. The van der Waals surface area contributed by atoms with Crippen LogP contribution in [0.25, 0.3) is 11.3 Å². The summed E-state index contributed by atoms with van der Waals surface area (Å²) in [6, 6.07) is 5.97. The van der Waals surface area contributed by atoms with Gasteiger partial charge in [-0.05, 0) is 24.1 Å². The largest absolute Gasteiger partial charge is 0.496 e. The number of carboxylic acid groups (broad SMARTS) is 1. The molecule has 0 aliphatic rings. The molecule has 0 saturated heterocycles. The van der Waals surface area contributed by atoms with Crippen molar-refractivity contribution in [2.24, 2.45) is 5.92 Å². The number of ether oxygens (including phenoxy) is 2. The number of methoxy groups -OCH3 is 1. The van der Waals surface area contributed by atoms with Crippen LogP contribution in [0, 0.1) is 5.92 Å². The van der Waals surface area contributed by atoms with E-state index in [1.54, 1.807) is 6.07 Å². The van der Waals surface area contributed by atoms with E-state index in [-0.39, 0.29) is 29.6 Å². The zero-order chi connectivity index (χ0) is 17.0. The Labute approximate surface area is 132 Å². The molecule has 0 aliphatic carbocycles. The van der Waals surface area contributed by atoms with Gasteiger partial charge in [-0.1, -0.05) is 19.0 Å². The topological polar surface area (TPSA) is 98.9 Å². The van der Waals surface area contributed by atoms with Crippen molar-refractivity contribution in [1.82, 2.24) is 5.16 Å². The van der Waals surface area contributed by atoms with Crippen molar-refractivity contribution in [3.05, 3.63) is 35.6 Å². The average molecular weight is 319 g/mol. The van der Waals surface area contributed by atoms with Gasteiger partial charge >= 0.3 is 11.9 Å². The van der Waals surface area contributed by atoms with E-state index in [2.05, 4.69) is 5.16 Å². The maximum absolute atomic E-state index is 11.8. The third-order valence-corrected chi connectivity index (χ3v) is 2.98. The maximum Gasteiger partial charge on any atom is 0.377 e. The normalized spacial score (nSPS) is 10.6. The first-order valence-electron chi connectivity index (χ1n) is 6.98. The number of carboxylic acids is 1. The van der Waals surface area contributed by atoms with Gasteiger partial charge in [0.2, 0.25) is 5.76 Å². The van der Waals surface area contributed by atoms with Crippen LogP contribution in [0.3, 0.4) is 0 Å². The molecule has 0 atom stereocenters. The van der Waals surface area contributed by atoms with Gasteiger partial charge < -0.3 is 19.1 Å². The molecule has 0 bridgehead atoms. The molecule has 1 aromatic carbocycles. The van der Waals surface area contributed by atoms with Gasteiger partial charge in [0.1, 0.15) is 17.0 Å². The summed E-state index contributed by atoms with van der Waals surface area (Å²) in [6.45, 7) is 4.12. The molecule has 1 N–H and O–H groups in total. The Kier molecular flexibility index (Phi) is 5.00. The number of hydrogen-bond acceptors (Lipinski definition) is 6. The molecule has 0 saturated carbocycles. The van der Waals surface area contributed by atoms with Gasteiger partial charge in [0.05, 0.1) is 13.7 Å². The van der Waals surface area contributed by atoms with Crippen LogP contribution < -0.4 is 4.74 Å². The van der Waals surface area contributed by atoms with Crippen LogP contribution in [0.15, 0.2) is 28.8 Å². The molecule has 0 unspecified atom stereocenters. The molecular formula is C16H17NO6. The van der Waals surface area contributed by atoms with Crippen molar-refractivity contribution in [3.8, 4) is 17.0 Å². The Bertz CT molecular complexity index is 719. The first-order valence-corrected chi connectivity index (χ1v) is 6.98. The van der Waals surface area contributed by atoms with E-state index in [9.17, 15) is 14.7 Å². The Morgan fingerprint density at radius 2 is 2.04 bits per heavy atom. The number of aromatic carboxylic acids is 1. The third-order valence-electron chi connectivity index (χ3n) is 2.98. The van der Waals surface area contributed by atoms with Crippen LogP contribution in [0.5, 0.6) is 5.75 Å². The number of nitrogens with zero attached hydrogens (tertiary/aromatic N) is 1. The molecule has 0 aliphatic heterocycles. The summed E-state index contributed by atoms with van der Waals surface area (Å²) in [6.07, 6.45) is 0. The summed E-state index contributed by atoms with van der Waals surface area (Å²) >= 11 is 0. The van der Waals surface area contributed by atoms with Crippen molar-refractivity contribution in [3.63, 3.8) is 0 Å².